The van der Waals surface area contributed by atoms with E-state index in [4.69, 9.17) is 5.73 Å². The monoisotopic (exact) mass is 234 g/mol. The molecule has 2 atom stereocenters. The molecule has 96 valence electrons. The van der Waals surface area contributed by atoms with Crippen molar-refractivity contribution in [2.24, 2.45) is 11.7 Å². The van der Waals surface area contributed by atoms with Crippen molar-refractivity contribution in [3.05, 3.63) is 35.9 Å². The Morgan fingerprint density at radius 1 is 1.12 bits per heavy atom. The van der Waals surface area contributed by atoms with Crippen molar-refractivity contribution < 1.29 is 0 Å². The standard InChI is InChI=1S/C15H26N2/c1-12(2)10-13(3)17(4)11-15(16)14-8-6-5-7-9-14/h5-9,12-13,15H,10-11,16H2,1-4H3/t13?,15-/m0/s1. The van der Waals surface area contributed by atoms with Gasteiger partial charge in [-0.05, 0) is 31.9 Å². The van der Waals surface area contributed by atoms with E-state index in [9.17, 15) is 0 Å². The van der Waals surface area contributed by atoms with Gasteiger partial charge in [-0.25, -0.2) is 0 Å². The minimum absolute atomic E-state index is 0.107. The summed E-state index contributed by atoms with van der Waals surface area (Å²) in [7, 11) is 2.16. The van der Waals surface area contributed by atoms with Crippen LogP contribution in [0.2, 0.25) is 0 Å². The van der Waals surface area contributed by atoms with E-state index in [2.05, 4.69) is 44.9 Å². The van der Waals surface area contributed by atoms with Crippen LogP contribution in [0.25, 0.3) is 0 Å². The van der Waals surface area contributed by atoms with E-state index in [1.54, 1.807) is 0 Å². The van der Waals surface area contributed by atoms with Gasteiger partial charge < -0.3 is 10.6 Å². The Morgan fingerprint density at radius 3 is 2.24 bits per heavy atom. The van der Waals surface area contributed by atoms with Crippen LogP contribution in [-0.4, -0.2) is 24.5 Å². The Morgan fingerprint density at radius 2 is 1.71 bits per heavy atom. The summed E-state index contributed by atoms with van der Waals surface area (Å²) in [6, 6.07) is 11.0. The minimum atomic E-state index is 0.107. The number of hydrogen-bond donors (Lipinski definition) is 1. The van der Waals surface area contributed by atoms with Crippen molar-refractivity contribution in [1.82, 2.24) is 4.90 Å². The lowest BCUT2D eigenvalue weighted by Crippen LogP contribution is -2.36. The summed E-state index contributed by atoms with van der Waals surface area (Å²) >= 11 is 0. The van der Waals surface area contributed by atoms with E-state index in [1.807, 2.05) is 18.2 Å². The molecule has 0 heterocycles. The lowest BCUT2D eigenvalue weighted by molar-refractivity contribution is 0.216. The van der Waals surface area contributed by atoms with Crippen molar-refractivity contribution in [3.8, 4) is 0 Å². The highest BCUT2D eigenvalue weighted by Crippen LogP contribution is 2.15. The molecule has 0 aromatic heterocycles. The van der Waals surface area contributed by atoms with Crippen LogP contribution in [0, 0.1) is 5.92 Å². The molecular formula is C15H26N2. The quantitative estimate of drug-likeness (QED) is 0.819. The highest BCUT2D eigenvalue weighted by atomic mass is 15.1. The predicted octanol–water partition coefficient (Wildman–Crippen LogP) is 3.05. The van der Waals surface area contributed by atoms with Gasteiger partial charge in [-0.1, -0.05) is 44.2 Å². The second kappa shape index (κ2) is 6.77. The van der Waals surface area contributed by atoms with Gasteiger partial charge in [-0.2, -0.15) is 0 Å². The van der Waals surface area contributed by atoms with Crippen molar-refractivity contribution >= 4 is 0 Å². The first kappa shape index (κ1) is 14.2. The Hall–Kier alpha value is -0.860. The predicted molar refractivity (Wildman–Crippen MR) is 74.9 cm³/mol. The molecule has 0 saturated heterocycles. The normalized spacial score (nSPS) is 15.2. The Labute approximate surface area is 106 Å². The third-order valence-electron chi connectivity index (χ3n) is 3.28. The van der Waals surface area contributed by atoms with Gasteiger partial charge in [-0.15, -0.1) is 0 Å². The van der Waals surface area contributed by atoms with Crippen molar-refractivity contribution in [2.75, 3.05) is 13.6 Å². The van der Waals surface area contributed by atoms with Crippen LogP contribution >= 0.6 is 0 Å². The minimum Gasteiger partial charge on any atom is -0.323 e. The van der Waals surface area contributed by atoms with Crippen LogP contribution in [0.4, 0.5) is 0 Å². The zero-order chi connectivity index (χ0) is 12.8. The number of likely N-dealkylation sites (N-methyl/N-ethyl adjacent to an activating group) is 1. The molecule has 1 aromatic rings. The van der Waals surface area contributed by atoms with Crippen LogP contribution < -0.4 is 5.73 Å². The molecule has 1 unspecified atom stereocenters. The van der Waals surface area contributed by atoms with Gasteiger partial charge in [0, 0.05) is 18.6 Å². The molecule has 0 spiro atoms. The summed E-state index contributed by atoms with van der Waals surface area (Å²) in [5, 5.41) is 0. The van der Waals surface area contributed by atoms with Crippen LogP contribution in [0.5, 0.6) is 0 Å². The number of nitrogens with two attached hydrogens (primary N) is 1. The SMILES string of the molecule is CC(C)CC(C)N(C)C[C@H](N)c1ccccc1. The fourth-order valence-corrected chi connectivity index (χ4v) is 2.16. The van der Waals surface area contributed by atoms with Crippen LogP contribution in [0.1, 0.15) is 38.8 Å². The molecule has 2 heteroatoms. The van der Waals surface area contributed by atoms with Crippen molar-refractivity contribution in [3.63, 3.8) is 0 Å². The molecule has 2 nitrogen and oxygen atoms in total. The van der Waals surface area contributed by atoms with E-state index in [0.29, 0.717) is 6.04 Å². The Kier molecular flexibility index (Phi) is 5.66. The van der Waals surface area contributed by atoms with Crippen molar-refractivity contribution in [2.45, 2.75) is 39.3 Å². The first-order valence-electron chi connectivity index (χ1n) is 6.51. The van der Waals surface area contributed by atoms with Crippen LogP contribution in [0.3, 0.4) is 0 Å². The molecule has 0 aliphatic carbocycles. The van der Waals surface area contributed by atoms with Crippen LogP contribution in [0.15, 0.2) is 30.3 Å². The average molecular weight is 234 g/mol. The molecule has 0 aliphatic heterocycles. The van der Waals surface area contributed by atoms with Gasteiger partial charge in [0.15, 0.2) is 0 Å². The van der Waals surface area contributed by atoms with Gasteiger partial charge in [0.05, 0.1) is 0 Å². The maximum Gasteiger partial charge on any atom is 0.0424 e. The molecule has 17 heavy (non-hydrogen) atoms. The average Bonchev–Trinajstić information content (AvgIpc) is 2.29. The van der Waals surface area contributed by atoms with Gasteiger partial charge in [0.2, 0.25) is 0 Å². The molecule has 0 amide bonds. The second-order valence-electron chi connectivity index (χ2n) is 5.44. The summed E-state index contributed by atoms with van der Waals surface area (Å²) in [5.74, 6) is 0.736. The van der Waals surface area contributed by atoms with Gasteiger partial charge in [-0.3, -0.25) is 0 Å². The van der Waals surface area contributed by atoms with E-state index >= 15 is 0 Å². The zero-order valence-corrected chi connectivity index (χ0v) is 11.6. The van der Waals surface area contributed by atoms with E-state index < -0.39 is 0 Å². The summed E-state index contributed by atoms with van der Waals surface area (Å²) in [5.41, 5.74) is 7.44. The molecule has 0 saturated carbocycles. The maximum atomic E-state index is 6.22. The third kappa shape index (κ3) is 4.88. The number of nitrogens with zero attached hydrogens (tertiary/aromatic N) is 1. The number of benzene rings is 1. The smallest absolute Gasteiger partial charge is 0.0424 e. The fourth-order valence-electron chi connectivity index (χ4n) is 2.16. The maximum absolute atomic E-state index is 6.22. The topological polar surface area (TPSA) is 29.3 Å². The lowest BCUT2D eigenvalue weighted by Gasteiger charge is -2.28. The molecule has 2 N–H and O–H groups in total. The number of rotatable bonds is 6. The molecule has 0 radical (unpaired) electrons. The van der Waals surface area contributed by atoms with E-state index in [0.717, 1.165) is 12.5 Å². The largest absolute Gasteiger partial charge is 0.323 e. The molecule has 1 aromatic carbocycles. The summed E-state index contributed by atoms with van der Waals surface area (Å²) in [4.78, 5) is 2.36. The fraction of sp³-hybridized carbons (Fsp3) is 0.600. The van der Waals surface area contributed by atoms with Crippen molar-refractivity contribution in [1.29, 1.82) is 0 Å². The Balaban J connectivity index is 2.48. The summed E-state index contributed by atoms with van der Waals surface area (Å²) in [6.07, 6.45) is 1.22. The highest BCUT2D eigenvalue weighted by molar-refractivity contribution is 5.18. The van der Waals surface area contributed by atoms with Gasteiger partial charge in [0.1, 0.15) is 0 Å². The zero-order valence-electron chi connectivity index (χ0n) is 11.6. The van der Waals surface area contributed by atoms with E-state index in [-0.39, 0.29) is 6.04 Å². The summed E-state index contributed by atoms with van der Waals surface area (Å²) in [6.45, 7) is 7.72. The van der Waals surface area contributed by atoms with Gasteiger partial charge in [0.25, 0.3) is 0 Å². The third-order valence-corrected chi connectivity index (χ3v) is 3.28. The molecular weight excluding hydrogens is 208 g/mol. The number of hydrogen-bond acceptors (Lipinski definition) is 2. The van der Waals surface area contributed by atoms with Gasteiger partial charge >= 0.3 is 0 Å². The molecule has 0 fully saturated rings. The molecule has 0 aliphatic rings. The first-order chi connectivity index (χ1) is 8.00. The molecule has 1 rings (SSSR count). The molecule has 0 bridgehead atoms. The highest BCUT2D eigenvalue weighted by Gasteiger charge is 2.14. The van der Waals surface area contributed by atoms with E-state index in [1.165, 1.54) is 12.0 Å². The lowest BCUT2D eigenvalue weighted by atomic mass is 10.0. The summed E-state index contributed by atoms with van der Waals surface area (Å²) < 4.78 is 0. The van der Waals surface area contributed by atoms with Crippen LogP contribution in [-0.2, 0) is 0 Å². The first-order valence-corrected chi connectivity index (χ1v) is 6.51. The second-order valence-corrected chi connectivity index (χ2v) is 5.44. The Bertz CT molecular complexity index is 308.